The number of nitro benzene ring substituents is 1. The van der Waals surface area contributed by atoms with Crippen molar-refractivity contribution in [1.29, 1.82) is 0 Å². The molecule has 1 aliphatic heterocycles. The Balaban J connectivity index is 1.51. The molecule has 30 heavy (non-hydrogen) atoms. The topological polar surface area (TPSA) is 105 Å². The van der Waals surface area contributed by atoms with Crippen molar-refractivity contribution in [2.75, 3.05) is 25.0 Å². The Morgan fingerprint density at radius 1 is 1.10 bits per heavy atom. The van der Waals surface area contributed by atoms with Crippen LogP contribution in [0.3, 0.4) is 0 Å². The fraction of sp³-hybridized carbons (Fsp3) is 0.300. The molecule has 0 aliphatic carbocycles. The molecule has 1 atom stereocenters. The summed E-state index contributed by atoms with van der Waals surface area (Å²) in [4.78, 5) is 37.2. The fourth-order valence-corrected chi connectivity index (χ4v) is 3.86. The maximum Gasteiger partial charge on any atom is 0.269 e. The number of non-ortho nitro benzene ring substituents is 1. The van der Waals surface area contributed by atoms with Crippen LogP contribution in [0.5, 0.6) is 0 Å². The summed E-state index contributed by atoms with van der Waals surface area (Å²) in [5, 5.41) is 17.3. The van der Waals surface area contributed by atoms with E-state index in [1.54, 1.807) is 23.1 Å². The summed E-state index contributed by atoms with van der Waals surface area (Å²) < 4.78 is 0. The van der Waals surface area contributed by atoms with Gasteiger partial charge in [0.15, 0.2) is 0 Å². The van der Waals surface area contributed by atoms with E-state index >= 15 is 0 Å². The zero-order valence-electron chi connectivity index (χ0n) is 15.9. The van der Waals surface area contributed by atoms with Crippen LogP contribution in [-0.2, 0) is 4.79 Å². The van der Waals surface area contributed by atoms with Crippen LogP contribution in [0.1, 0.15) is 23.2 Å². The second kappa shape index (κ2) is 9.77. The predicted octanol–water partition coefficient (Wildman–Crippen LogP) is 3.73. The lowest BCUT2D eigenvalue weighted by Gasteiger charge is -2.24. The van der Waals surface area contributed by atoms with Gasteiger partial charge < -0.3 is 15.5 Å². The highest BCUT2D eigenvalue weighted by Crippen LogP contribution is 2.24. The zero-order valence-corrected chi connectivity index (χ0v) is 17.4. The van der Waals surface area contributed by atoms with Crippen molar-refractivity contribution in [3.8, 4) is 0 Å². The van der Waals surface area contributed by atoms with Crippen molar-refractivity contribution >= 4 is 46.4 Å². The third kappa shape index (κ3) is 5.40. The molecular weight excluding hydrogens is 431 g/mol. The minimum Gasteiger partial charge on any atom is -0.383 e. The van der Waals surface area contributed by atoms with Gasteiger partial charge in [0.05, 0.1) is 4.92 Å². The van der Waals surface area contributed by atoms with Gasteiger partial charge in [-0.1, -0.05) is 23.2 Å². The molecule has 158 valence electrons. The van der Waals surface area contributed by atoms with Gasteiger partial charge in [-0.3, -0.25) is 19.7 Å². The largest absolute Gasteiger partial charge is 0.383 e. The second-order valence-corrected chi connectivity index (χ2v) is 7.71. The van der Waals surface area contributed by atoms with E-state index in [0.29, 0.717) is 47.4 Å². The Kier molecular flexibility index (Phi) is 7.12. The van der Waals surface area contributed by atoms with Gasteiger partial charge in [0.2, 0.25) is 5.91 Å². The molecule has 1 saturated heterocycles. The van der Waals surface area contributed by atoms with E-state index in [0.717, 1.165) is 6.42 Å². The third-order valence-corrected chi connectivity index (χ3v) is 5.19. The van der Waals surface area contributed by atoms with Gasteiger partial charge in [0.25, 0.3) is 11.6 Å². The number of anilines is 1. The van der Waals surface area contributed by atoms with Crippen molar-refractivity contribution in [2.45, 2.75) is 18.9 Å². The first-order chi connectivity index (χ1) is 14.3. The van der Waals surface area contributed by atoms with E-state index in [1.807, 2.05) is 0 Å². The van der Waals surface area contributed by atoms with E-state index in [2.05, 4.69) is 10.6 Å². The number of rotatable bonds is 7. The van der Waals surface area contributed by atoms with Crippen molar-refractivity contribution in [3.63, 3.8) is 0 Å². The number of benzene rings is 2. The van der Waals surface area contributed by atoms with Crippen molar-refractivity contribution < 1.29 is 14.5 Å². The molecule has 2 amide bonds. The summed E-state index contributed by atoms with van der Waals surface area (Å²) >= 11 is 12.0. The maximum atomic E-state index is 12.8. The number of nitro groups is 1. The minimum absolute atomic E-state index is 0.0147. The molecule has 8 nitrogen and oxygen atoms in total. The number of halogens is 2. The van der Waals surface area contributed by atoms with Crippen LogP contribution >= 0.6 is 23.2 Å². The molecule has 0 radical (unpaired) electrons. The fourth-order valence-electron chi connectivity index (χ4n) is 3.34. The molecule has 2 aromatic rings. The van der Waals surface area contributed by atoms with Crippen LogP contribution in [0, 0.1) is 10.1 Å². The van der Waals surface area contributed by atoms with E-state index in [9.17, 15) is 19.7 Å². The summed E-state index contributed by atoms with van der Waals surface area (Å²) in [6.07, 6.45) is 1.32. The lowest BCUT2D eigenvalue weighted by molar-refractivity contribution is -0.384. The average molecular weight is 451 g/mol. The summed E-state index contributed by atoms with van der Waals surface area (Å²) in [7, 11) is 0. The van der Waals surface area contributed by atoms with Gasteiger partial charge in [-0.15, -0.1) is 0 Å². The summed E-state index contributed by atoms with van der Waals surface area (Å²) in [6.45, 7) is 1.27. The Morgan fingerprint density at radius 3 is 2.40 bits per heavy atom. The van der Waals surface area contributed by atoms with Gasteiger partial charge >= 0.3 is 0 Å². The van der Waals surface area contributed by atoms with Gasteiger partial charge in [0.1, 0.15) is 6.04 Å². The van der Waals surface area contributed by atoms with Gasteiger partial charge in [-0.2, -0.15) is 0 Å². The van der Waals surface area contributed by atoms with E-state index < -0.39 is 11.0 Å². The first-order valence-corrected chi connectivity index (χ1v) is 10.1. The molecule has 1 fully saturated rings. The zero-order chi connectivity index (χ0) is 21.7. The standard InChI is InChI=1S/C20H20Cl2N4O4/c21-14-10-13(11-15(22)12-14)20(28)25-9-1-2-18(25)19(27)24-8-7-23-16-3-5-17(6-4-16)26(29)30/h3-6,10-12,18,23H,1-2,7-9H2,(H,24,27). The monoisotopic (exact) mass is 450 g/mol. The molecule has 1 heterocycles. The normalized spacial score (nSPS) is 15.7. The number of carbonyl (C=O) groups is 2. The number of carbonyl (C=O) groups excluding carboxylic acids is 2. The number of hydrogen-bond donors (Lipinski definition) is 2. The van der Waals surface area contributed by atoms with Crippen molar-refractivity contribution in [1.82, 2.24) is 10.2 Å². The number of nitrogens with one attached hydrogen (secondary N) is 2. The Morgan fingerprint density at radius 2 is 1.77 bits per heavy atom. The molecule has 0 spiro atoms. The van der Waals surface area contributed by atoms with E-state index in [4.69, 9.17) is 23.2 Å². The average Bonchev–Trinajstić information content (AvgIpc) is 3.20. The molecule has 3 rings (SSSR count). The molecule has 1 unspecified atom stereocenters. The molecular formula is C20H20Cl2N4O4. The Bertz CT molecular complexity index is 932. The smallest absolute Gasteiger partial charge is 0.269 e. The van der Waals surface area contributed by atoms with Crippen LogP contribution in [0.4, 0.5) is 11.4 Å². The quantitative estimate of drug-likeness (QED) is 0.379. The summed E-state index contributed by atoms with van der Waals surface area (Å²) in [5.74, 6) is -0.500. The molecule has 0 aromatic heterocycles. The molecule has 10 heteroatoms. The van der Waals surface area contributed by atoms with Crippen molar-refractivity contribution in [3.05, 3.63) is 68.2 Å². The number of amides is 2. The number of nitrogens with zero attached hydrogens (tertiary/aromatic N) is 2. The summed E-state index contributed by atoms with van der Waals surface area (Å²) in [5.41, 5.74) is 1.08. The van der Waals surface area contributed by atoms with E-state index in [-0.39, 0.29) is 17.5 Å². The number of hydrogen-bond acceptors (Lipinski definition) is 5. The van der Waals surface area contributed by atoms with Gasteiger partial charge in [-0.25, -0.2) is 0 Å². The van der Waals surface area contributed by atoms with Crippen LogP contribution in [0.15, 0.2) is 42.5 Å². The molecule has 2 aromatic carbocycles. The Hall–Kier alpha value is -2.84. The summed E-state index contributed by atoms with van der Waals surface area (Å²) in [6, 6.07) is 10.1. The molecule has 2 N–H and O–H groups in total. The highest BCUT2D eigenvalue weighted by atomic mass is 35.5. The second-order valence-electron chi connectivity index (χ2n) is 6.84. The van der Waals surface area contributed by atoms with Crippen LogP contribution < -0.4 is 10.6 Å². The van der Waals surface area contributed by atoms with Crippen molar-refractivity contribution in [2.24, 2.45) is 0 Å². The first-order valence-electron chi connectivity index (χ1n) is 9.38. The molecule has 0 bridgehead atoms. The molecule has 1 aliphatic rings. The van der Waals surface area contributed by atoms with E-state index in [1.165, 1.54) is 24.3 Å². The SMILES string of the molecule is O=C(NCCNc1ccc([N+](=O)[O-])cc1)C1CCCN1C(=O)c1cc(Cl)cc(Cl)c1. The van der Waals surface area contributed by atoms with Crippen LogP contribution in [0.2, 0.25) is 10.0 Å². The first kappa shape index (κ1) is 21.9. The van der Waals surface area contributed by atoms with Crippen LogP contribution in [-0.4, -0.2) is 47.3 Å². The Labute approximate surface area is 183 Å². The lowest BCUT2D eigenvalue weighted by Crippen LogP contribution is -2.46. The molecule has 0 saturated carbocycles. The predicted molar refractivity (Wildman–Crippen MR) is 115 cm³/mol. The minimum atomic E-state index is -0.547. The van der Waals surface area contributed by atoms with Crippen LogP contribution in [0.25, 0.3) is 0 Å². The maximum absolute atomic E-state index is 12.8. The van der Waals surface area contributed by atoms with Gasteiger partial charge in [0, 0.05) is 53.1 Å². The van der Waals surface area contributed by atoms with Gasteiger partial charge in [-0.05, 0) is 43.2 Å². The number of likely N-dealkylation sites (tertiary alicyclic amines) is 1. The third-order valence-electron chi connectivity index (χ3n) is 4.76. The highest BCUT2D eigenvalue weighted by molar-refractivity contribution is 6.35. The highest BCUT2D eigenvalue weighted by Gasteiger charge is 2.34. The lowest BCUT2D eigenvalue weighted by atomic mass is 10.1.